The van der Waals surface area contributed by atoms with Crippen LogP contribution >= 0.6 is 11.8 Å². The zero-order chi connectivity index (χ0) is 22.5. The van der Waals surface area contributed by atoms with Crippen LogP contribution in [0.25, 0.3) is 11.6 Å². The molecule has 3 aromatic heterocycles. The van der Waals surface area contributed by atoms with Gasteiger partial charge in [-0.1, -0.05) is 30.0 Å². The van der Waals surface area contributed by atoms with E-state index in [4.69, 9.17) is 9.15 Å². The van der Waals surface area contributed by atoms with Crippen molar-refractivity contribution in [2.75, 3.05) is 11.1 Å². The highest BCUT2D eigenvalue weighted by Gasteiger charge is 2.18. The first-order valence-electron chi connectivity index (χ1n) is 10.1. The molecule has 164 valence electrons. The van der Waals surface area contributed by atoms with Crippen LogP contribution < -0.4 is 10.1 Å². The van der Waals surface area contributed by atoms with Gasteiger partial charge >= 0.3 is 0 Å². The monoisotopic (exact) mass is 457 g/mol. The third-order valence-corrected chi connectivity index (χ3v) is 5.54. The molecule has 0 bridgehead atoms. The van der Waals surface area contributed by atoms with E-state index in [9.17, 15) is 4.79 Å². The molecule has 0 aliphatic carbocycles. The number of ether oxygens (including phenoxy) is 1. The Morgan fingerprint density at radius 3 is 2.39 bits per heavy atom. The molecule has 8 nitrogen and oxygen atoms in total. The number of hydrogen-bond donors (Lipinski definition) is 1. The van der Waals surface area contributed by atoms with Gasteiger partial charge in [-0.25, -0.2) is 4.68 Å². The maximum absolute atomic E-state index is 12.5. The second-order valence-electron chi connectivity index (χ2n) is 6.93. The number of amides is 1. The Hall–Kier alpha value is -4.24. The van der Waals surface area contributed by atoms with Gasteiger partial charge in [0.05, 0.1) is 12.0 Å². The van der Waals surface area contributed by atoms with Crippen molar-refractivity contribution in [2.45, 2.75) is 5.16 Å². The summed E-state index contributed by atoms with van der Waals surface area (Å²) in [5.41, 5.74) is 0.684. The highest BCUT2D eigenvalue weighted by molar-refractivity contribution is 7.99. The number of benzene rings is 2. The summed E-state index contributed by atoms with van der Waals surface area (Å²) in [7, 11) is 0. The first kappa shape index (κ1) is 20.7. The fraction of sp³-hybridized carbons (Fsp3) is 0.0417. The number of furan rings is 1. The zero-order valence-electron chi connectivity index (χ0n) is 17.4. The van der Waals surface area contributed by atoms with Crippen molar-refractivity contribution >= 4 is 23.4 Å². The van der Waals surface area contributed by atoms with E-state index in [1.54, 1.807) is 29.1 Å². The number of anilines is 1. The number of para-hydroxylation sites is 1. The first-order chi connectivity index (χ1) is 16.3. The van der Waals surface area contributed by atoms with Gasteiger partial charge in [-0.15, -0.1) is 10.2 Å². The van der Waals surface area contributed by atoms with E-state index >= 15 is 0 Å². The molecular weight excluding hydrogens is 438 g/mol. The lowest BCUT2D eigenvalue weighted by Gasteiger charge is -2.10. The van der Waals surface area contributed by atoms with E-state index in [0.29, 0.717) is 28.2 Å². The normalized spacial score (nSPS) is 10.8. The predicted octanol–water partition coefficient (Wildman–Crippen LogP) is 5.17. The van der Waals surface area contributed by atoms with Crippen LogP contribution in [0.3, 0.4) is 0 Å². The maximum atomic E-state index is 12.5. The maximum Gasteiger partial charge on any atom is 0.234 e. The molecule has 0 unspecified atom stereocenters. The number of nitrogens with zero attached hydrogens (tertiary/aromatic N) is 4. The average molecular weight is 458 g/mol. The standard InChI is InChI=1S/C24H19N5O3S/c30-22(25-18-10-12-20(13-11-18)32-19-7-2-1-3-8-19)17-33-24-27-26-23(21-9-6-16-31-21)29(24)28-14-4-5-15-28/h1-16H,17H2,(H,25,30). The Labute approximate surface area is 193 Å². The third-order valence-electron chi connectivity index (χ3n) is 4.62. The Morgan fingerprint density at radius 2 is 1.67 bits per heavy atom. The molecule has 3 heterocycles. The molecule has 1 amide bonds. The van der Waals surface area contributed by atoms with Crippen molar-refractivity contribution in [1.82, 2.24) is 19.5 Å². The minimum atomic E-state index is -0.154. The SMILES string of the molecule is O=C(CSc1nnc(-c2ccco2)n1-n1cccc1)Nc1ccc(Oc2ccccc2)cc1. The van der Waals surface area contributed by atoms with E-state index in [0.717, 1.165) is 5.75 Å². The second-order valence-corrected chi connectivity index (χ2v) is 7.88. The summed E-state index contributed by atoms with van der Waals surface area (Å²) in [5, 5.41) is 12.0. The molecule has 0 atom stereocenters. The van der Waals surface area contributed by atoms with Crippen LogP contribution in [0.15, 0.2) is 107 Å². The van der Waals surface area contributed by atoms with E-state index in [1.165, 1.54) is 11.8 Å². The molecule has 33 heavy (non-hydrogen) atoms. The molecule has 0 spiro atoms. The summed E-state index contributed by atoms with van der Waals surface area (Å²) in [5.74, 6) is 2.60. The summed E-state index contributed by atoms with van der Waals surface area (Å²) in [4.78, 5) is 12.5. The Bertz CT molecular complexity index is 1310. The number of thioether (sulfide) groups is 1. The van der Waals surface area contributed by atoms with Gasteiger partial charge in [0.15, 0.2) is 5.76 Å². The molecule has 0 fully saturated rings. The summed E-state index contributed by atoms with van der Waals surface area (Å²) < 4.78 is 14.9. The van der Waals surface area contributed by atoms with E-state index in [2.05, 4.69) is 15.5 Å². The molecule has 9 heteroatoms. The fourth-order valence-electron chi connectivity index (χ4n) is 3.14. The van der Waals surface area contributed by atoms with Gasteiger partial charge < -0.3 is 14.5 Å². The van der Waals surface area contributed by atoms with Crippen LogP contribution in [-0.2, 0) is 4.79 Å². The van der Waals surface area contributed by atoms with Gasteiger partial charge in [0, 0.05) is 18.1 Å². The van der Waals surface area contributed by atoms with Gasteiger partial charge in [-0.3, -0.25) is 9.47 Å². The smallest absolute Gasteiger partial charge is 0.234 e. The quantitative estimate of drug-likeness (QED) is 0.323. The van der Waals surface area contributed by atoms with E-state index in [1.807, 2.05) is 77.7 Å². The van der Waals surface area contributed by atoms with Crippen molar-refractivity contribution < 1.29 is 13.9 Å². The van der Waals surface area contributed by atoms with Gasteiger partial charge in [-0.05, 0) is 60.7 Å². The van der Waals surface area contributed by atoms with Gasteiger partial charge in [0.25, 0.3) is 0 Å². The minimum absolute atomic E-state index is 0.154. The number of aromatic nitrogens is 4. The molecule has 0 aliphatic heterocycles. The van der Waals surface area contributed by atoms with E-state index in [-0.39, 0.29) is 11.7 Å². The number of rotatable bonds is 8. The first-order valence-corrected chi connectivity index (χ1v) is 11.1. The number of hydrogen-bond acceptors (Lipinski definition) is 6. The molecule has 0 saturated carbocycles. The highest BCUT2D eigenvalue weighted by atomic mass is 32.2. The van der Waals surface area contributed by atoms with Crippen molar-refractivity contribution in [3.63, 3.8) is 0 Å². The molecule has 5 rings (SSSR count). The molecule has 1 N–H and O–H groups in total. The van der Waals surface area contributed by atoms with Crippen molar-refractivity contribution in [2.24, 2.45) is 0 Å². The van der Waals surface area contributed by atoms with Gasteiger partial charge in [0.2, 0.25) is 16.9 Å². The zero-order valence-corrected chi connectivity index (χ0v) is 18.2. The second kappa shape index (κ2) is 9.49. The van der Waals surface area contributed by atoms with E-state index < -0.39 is 0 Å². The van der Waals surface area contributed by atoms with Crippen molar-refractivity contribution in [1.29, 1.82) is 0 Å². The van der Waals surface area contributed by atoms with Crippen LogP contribution in [0.4, 0.5) is 5.69 Å². The fourth-order valence-corrected chi connectivity index (χ4v) is 3.87. The summed E-state index contributed by atoms with van der Waals surface area (Å²) in [6.45, 7) is 0. The van der Waals surface area contributed by atoms with Crippen LogP contribution in [0.2, 0.25) is 0 Å². The lowest BCUT2D eigenvalue weighted by Crippen LogP contribution is -2.15. The average Bonchev–Trinajstić information content (AvgIpc) is 3.61. The number of nitrogens with one attached hydrogen (secondary N) is 1. The molecule has 5 aromatic rings. The largest absolute Gasteiger partial charge is 0.461 e. The Kier molecular flexibility index (Phi) is 5.94. The molecule has 0 aliphatic rings. The van der Waals surface area contributed by atoms with Crippen LogP contribution in [0.5, 0.6) is 11.5 Å². The topological polar surface area (TPSA) is 87.1 Å². The molecule has 2 aromatic carbocycles. The Balaban J connectivity index is 1.24. The molecular formula is C24H19N5O3S. The summed E-state index contributed by atoms with van der Waals surface area (Å²) in [6, 6.07) is 24.2. The van der Waals surface area contributed by atoms with Crippen LogP contribution in [0.1, 0.15) is 0 Å². The summed E-state index contributed by atoms with van der Waals surface area (Å²) in [6.07, 6.45) is 5.33. The van der Waals surface area contributed by atoms with Crippen LogP contribution in [-0.4, -0.2) is 31.2 Å². The summed E-state index contributed by atoms with van der Waals surface area (Å²) >= 11 is 1.29. The van der Waals surface area contributed by atoms with Crippen LogP contribution in [0, 0.1) is 0 Å². The Morgan fingerprint density at radius 1 is 0.909 bits per heavy atom. The third kappa shape index (κ3) is 4.83. The van der Waals surface area contributed by atoms with Crippen molar-refractivity contribution in [3.8, 4) is 23.1 Å². The van der Waals surface area contributed by atoms with Gasteiger partial charge in [0.1, 0.15) is 11.5 Å². The molecule has 0 radical (unpaired) electrons. The minimum Gasteiger partial charge on any atom is -0.461 e. The predicted molar refractivity (Wildman–Crippen MR) is 125 cm³/mol. The van der Waals surface area contributed by atoms with Crippen molar-refractivity contribution in [3.05, 3.63) is 97.5 Å². The molecule has 0 saturated heterocycles. The number of carbonyl (C=O) groups excluding carboxylic acids is 1. The lowest BCUT2D eigenvalue weighted by atomic mass is 10.3. The number of carbonyl (C=O) groups is 1. The lowest BCUT2D eigenvalue weighted by molar-refractivity contribution is -0.113. The highest BCUT2D eigenvalue weighted by Crippen LogP contribution is 2.26. The van der Waals surface area contributed by atoms with Gasteiger partial charge in [-0.2, -0.15) is 0 Å².